The van der Waals surface area contributed by atoms with Gasteiger partial charge in [-0.2, -0.15) is 13.2 Å². The number of carbonyl (C=O) groups excluding carboxylic acids is 1. The van der Waals surface area contributed by atoms with E-state index in [2.05, 4.69) is 5.32 Å². The number of nitrogens with one attached hydrogen (secondary N) is 2. The van der Waals surface area contributed by atoms with E-state index in [9.17, 15) is 18.0 Å². The Labute approximate surface area is 150 Å². The standard InChI is InChI=1S/C19H21F3N2O2/c1-3-26-17-9-7-14(8-10-17)12-24(2)13-18(25)23-16-6-4-5-15(11-16)19(20,21)22/h4-11H,3,12-13H2,1-2H3,(H,23,25)/p+1. The van der Waals surface area contributed by atoms with Gasteiger partial charge in [-0.25, -0.2) is 0 Å². The van der Waals surface area contributed by atoms with Gasteiger partial charge in [-0.3, -0.25) is 4.79 Å². The molecule has 4 nitrogen and oxygen atoms in total. The van der Waals surface area contributed by atoms with Crippen molar-refractivity contribution in [2.75, 3.05) is 25.5 Å². The molecule has 2 aromatic rings. The molecule has 0 radical (unpaired) electrons. The Hall–Kier alpha value is -2.54. The Morgan fingerprint density at radius 2 is 1.85 bits per heavy atom. The second-order valence-electron chi connectivity index (χ2n) is 6.01. The van der Waals surface area contributed by atoms with Crippen LogP contribution in [-0.4, -0.2) is 26.1 Å². The number of alkyl halides is 3. The Morgan fingerprint density at radius 3 is 2.46 bits per heavy atom. The molecular weight excluding hydrogens is 345 g/mol. The van der Waals surface area contributed by atoms with Gasteiger partial charge < -0.3 is 15.0 Å². The molecule has 0 aromatic heterocycles. The fourth-order valence-electron chi connectivity index (χ4n) is 2.53. The Morgan fingerprint density at radius 1 is 1.15 bits per heavy atom. The topological polar surface area (TPSA) is 42.8 Å². The minimum absolute atomic E-state index is 0.138. The molecule has 0 bridgehead atoms. The third-order valence-electron chi connectivity index (χ3n) is 3.68. The van der Waals surface area contributed by atoms with Gasteiger partial charge in [0.15, 0.2) is 6.54 Å². The molecule has 1 amide bonds. The molecule has 0 aliphatic carbocycles. The van der Waals surface area contributed by atoms with Crippen LogP contribution in [0.4, 0.5) is 18.9 Å². The number of likely N-dealkylation sites (N-methyl/N-ethyl adjacent to an activating group) is 1. The quantitative estimate of drug-likeness (QED) is 0.790. The summed E-state index contributed by atoms with van der Waals surface area (Å²) in [5.74, 6) is 0.448. The van der Waals surface area contributed by atoms with E-state index < -0.39 is 11.7 Å². The highest BCUT2D eigenvalue weighted by Gasteiger charge is 2.30. The van der Waals surface area contributed by atoms with E-state index >= 15 is 0 Å². The van der Waals surface area contributed by atoms with E-state index in [0.717, 1.165) is 28.3 Å². The predicted molar refractivity (Wildman–Crippen MR) is 93.1 cm³/mol. The second kappa shape index (κ2) is 8.71. The maximum absolute atomic E-state index is 12.7. The van der Waals surface area contributed by atoms with E-state index in [1.165, 1.54) is 12.1 Å². The van der Waals surface area contributed by atoms with Crippen LogP contribution >= 0.6 is 0 Å². The lowest BCUT2D eigenvalue weighted by molar-refractivity contribution is -0.885. The Kier molecular flexibility index (Phi) is 6.63. The van der Waals surface area contributed by atoms with E-state index in [0.29, 0.717) is 13.2 Å². The lowest BCUT2D eigenvalue weighted by Crippen LogP contribution is -3.08. The summed E-state index contributed by atoms with van der Waals surface area (Å²) in [6.45, 7) is 3.26. The zero-order valence-electron chi connectivity index (χ0n) is 14.7. The van der Waals surface area contributed by atoms with Crippen LogP contribution in [0.3, 0.4) is 0 Å². The van der Waals surface area contributed by atoms with Gasteiger partial charge in [0.2, 0.25) is 0 Å². The molecule has 0 heterocycles. The van der Waals surface area contributed by atoms with E-state index in [1.54, 1.807) is 0 Å². The summed E-state index contributed by atoms with van der Waals surface area (Å²) in [5, 5.41) is 2.52. The highest BCUT2D eigenvalue weighted by Crippen LogP contribution is 2.30. The average Bonchev–Trinajstić information content (AvgIpc) is 2.56. The first-order valence-electron chi connectivity index (χ1n) is 8.28. The molecule has 0 aliphatic rings. The molecular formula is C19H22F3N2O2+. The van der Waals surface area contributed by atoms with E-state index in [-0.39, 0.29) is 18.1 Å². The SMILES string of the molecule is CCOc1ccc(C[NH+](C)CC(=O)Nc2cccc(C(F)(F)F)c2)cc1. The third-order valence-corrected chi connectivity index (χ3v) is 3.68. The second-order valence-corrected chi connectivity index (χ2v) is 6.01. The van der Waals surface area contributed by atoms with Gasteiger partial charge in [-0.15, -0.1) is 0 Å². The summed E-state index contributed by atoms with van der Waals surface area (Å²) in [7, 11) is 1.85. The van der Waals surface area contributed by atoms with Gasteiger partial charge in [0.25, 0.3) is 5.91 Å². The van der Waals surface area contributed by atoms with Crippen molar-refractivity contribution >= 4 is 11.6 Å². The first-order valence-corrected chi connectivity index (χ1v) is 8.28. The zero-order valence-corrected chi connectivity index (χ0v) is 14.7. The molecule has 2 rings (SSSR count). The first-order chi connectivity index (χ1) is 12.3. The molecule has 26 heavy (non-hydrogen) atoms. The largest absolute Gasteiger partial charge is 0.494 e. The summed E-state index contributed by atoms with van der Waals surface area (Å²) in [6, 6.07) is 12.2. The van der Waals surface area contributed by atoms with Crippen LogP contribution in [-0.2, 0) is 17.5 Å². The number of quaternary nitrogens is 1. The fourth-order valence-corrected chi connectivity index (χ4v) is 2.53. The Balaban J connectivity index is 1.89. The van der Waals surface area contributed by atoms with Crippen molar-refractivity contribution in [3.8, 4) is 5.75 Å². The minimum Gasteiger partial charge on any atom is -0.494 e. The number of hydrogen-bond donors (Lipinski definition) is 2. The fraction of sp³-hybridized carbons (Fsp3) is 0.316. The zero-order chi connectivity index (χ0) is 19.2. The maximum atomic E-state index is 12.7. The molecule has 0 saturated heterocycles. The minimum atomic E-state index is -4.43. The molecule has 0 saturated carbocycles. The highest BCUT2D eigenvalue weighted by molar-refractivity contribution is 5.91. The number of carbonyl (C=O) groups is 1. The number of amides is 1. The summed E-state index contributed by atoms with van der Waals surface area (Å²) in [6.07, 6.45) is -4.43. The van der Waals surface area contributed by atoms with Crippen molar-refractivity contribution in [2.24, 2.45) is 0 Å². The molecule has 140 valence electrons. The summed E-state index contributed by atoms with van der Waals surface area (Å²) >= 11 is 0. The predicted octanol–water partition coefficient (Wildman–Crippen LogP) is 2.76. The number of rotatable bonds is 7. The van der Waals surface area contributed by atoms with Crippen molar-refractivity contribution in [3.05, 3.63) is 59.7 Å². The van der Waals surface area contributed by atoms with Gasteiger partial charge in [0.1, 0.15) is 12.3 Å². The number of benzene rings is 2. The van der Waals surface area contributed by atoms with E-state index in [1.807, 2.05) is 38.2 Å². The van der Waals surface area contributed by atoms with Gasteiger partial charge in [-0.05, 0) is 49.4 Å². The molecule has 0 spiro atoms. The molecule has 7 heteroatoms. The van der Waals surface area contributed by atoms with Crippen molar-refractivity contribution in [2.45, 2.75) is 19.6 Å². The monoisotopic (exact) mass is 367 g/mol. The van der Waals surface area contributed by atoms with Crippen LogP contribution < -0.4 is 15.0 Å². The summed E-state index contributed by atoms with van der Waals surface area (Å²) < 4.78 is 43.5. The molecule has 1 unspecified atom stereocenters. The lowest BCUT2D eigenvalue weighted by Gasteiger charge is -2.15. The average molecular weight is 367 g/mol. The number of anilines is 1. The molecule has 1 atom stereocenters. The van der Waals surface area contributed by atoms with E-state index in [4.69, 9.17) is 4.74 Å². The summed E-state index contributed by atoms with van der Waals surface area (Å²) in [4.78, 5) is 13.0. The number of halogens is 3. The number of ether oxygens (including phenoxy) is 1. The maximum Gasteiger partial charge on any atom is 0.416 e. The van der Waals surface area contributed by atoms with Gasteiger partial charge >= 0.3 is 6.18 Å². The molecule has 0 aliphatic heterocycles. The smallest absolute Gasteiger partial charge is 0.416 e. The van der Waals surface area contributed by atoms with Crippen LogP contribution in [0.25, 0.3) is 0 Å². The van der Waals surface area contributed by atoms with Crippen LogP contribution in [0.15, 0.2) is 48.5 Å². The van der Waals surface area contributed by atoms with Crippen molar-refractivity contribution in [3.63, 3.8) is 0 Å². The van der Waals surface area contributed by atoms with Crippen LogP contribution in [0.2, 0.25) is 0 Å². The van der Waals surface area contributed by atoms with Crippen LogP contribution in [0, 0.1) is 0 Å². The van der Waals surface area contributed by atoms with Crippen molar-refractivity contribution in [1.82, 2.24) is 0 Å². The lowest BCUT2D eigenvalue weighted by atomic mass is 10.2. The third kappa shape index (κ3) is 6.07. The highest BCUT2D eigenvalue weighted by atomic mass is 19.4. The first kappa shape index (κ1) is 19.8. The van der Waals surface area contributed by atoms with Gasteiger partial charge in [0, 0.05) is 11.3 Å². The van der Waals surface area contributed by atoms with Gasteiger partial charge in [0.05, 0.1) is 19.2 Å². The normalized spacial score (nSPS) is 12.5. The molecule has 0 fully saturated rings. The van der Waals surface area contributed by atoms with Crippen molar-refractivity contribution < 1.29 is 27.6 Å². The molecule has 2 aromatic carbocycles. The van der Waals surface area contributed by atoms with Crippen molar-refractivity contribution in [1.29, 1.82) is 0 Å². The van der Waals surface area contributed by atoms with Crippen LogP contribution in [0.5, 0.6) is 5.75 Å². The van der Waals surface area contributed by atoms with Gasteiger partial charge in [-0.1, -0.05) is 6.07 Å². The van der Waals surface area contributed by atoms with Crippen LogP contribution in [0.1, 0.15) is 18.1 Å². The molecule has 2 N–H and O–H groups in total. The number of hydrogen-bond acceptors (Lipinski definition) is 2. The summed E-state index contributed by atoms with van der Waals surface area (Å²) in [5.41, 5.74) is 0.391. The Bertz CT molecular complexity index is 730.